The maximum absolute atomic E-state index is 12.6. The van der Waals surface area contributed by atoms with Crippen LogP contribution in [0, 0.1) is 0 Å². The van der Waals surface area contributed by atoms with E-state index in [4.69, 9.17) is 4.74 Å². The first-order valence-electron chi connectivity index (χ1n) is 41.7. The predicted molar refractivity (Wildman–Crippen MR) is 403 cm³/mol. The molecule has 0 bridgehead atoms. The van der Waals surface area contributed by atoms with Gasteiger partial charge in [-0.25, -0.2) is 0 Å². The summed E-state index contributed by atoms with van der Waals surface area (Å²) in [5.41, 5.74) is 0. The Hall–Kier alpha value is -1.92. The normalized spacial score (nSPS) is 12.6. The molecule has 6 nitrogen and oxygen atoms in total. The first-order chi connectivity index (χ1) is 45.0. The maximum atomic E-state index is 12.6. The molecule has 0 saturated heterocycles. The lowest BCUT2D eigenvalue weighted by Crippen LogP contribution is -2.45. The van der Waals surface area contributed by atoms with Crippen molar-refractivity contribution in [2.24, 2.45) is 0 Å². The standard InChI is InChI=1S/C85H163NO5/c1-3-5-7-9-11-13-15-17-19-21-23-24-25-35-38-42-45-49-53-57-61-65-69-73-77-83(88)82(81-87)86-84(89)78-74-70-66-62-58-54-50-46-43-39-36-33-31-29-27-26-28-30-32-34-37-40-44-48-52-56-60-64-68-72-76-80-91-85(90)79-75-71-67-63-59-55-51-47-41-22-20-18-16-14-12-10-8-6-4-2/h18,20,28,30,34,37,82-83,87-88H,3-17,19,21-27,29,31-33,35-36,38-81H2,1-2H3,(H,86,89)/b20-18-,30-28-,37-34-. The molecular formula is C85H163NO5. The van der Waals surface area contributed by atoms with Gasteiger partial charge in [-0.15, -0.1) is 0 Å². The predicted octanol–water partition coefficient (Wildman–Crippen LogP) is 27.8. The van der Waals surface area contributed by atoms with Crippen molar-refractivity contribution in [1.82, 2.24) is 5.32 Å². The van der Waals surface area contributed by atoms with E-state index >= 15 is 0 Å². The maximum Gasteiger partial charge on any atom is 0.305 e. The summed E-state index contributed by atoms with van der Waals surface area (Å²) in [7, 11) is 0. The van der Waals surface area contributed by atoms with E-state index in [0.717, 1.165) is 51.4 Å². The highest BCUT2D eigenvalue weighted by atomic mass is 16.5. The summed E-state index contributed by atoms with van der Waals surface area (Å²) in [5, 5.41) is 23.5. The van der Waals surface area contributed by atoms with Crippen molar-refractivity contribution in [2.45, 2.75) is 482 Å². The van der Waals surface area contributed by atoms with Crippen molar-refractivity contribution in [2.75, 3.05) is 13.2 Å². The van der Waals surface area contributed by atoms with Crippen LogP contribution in [0.4, 0.5) is 0 Å². The number of aliphatic hydroxyl groups excluding tert-OH is 2. The van der Waals surface area contributed by atoms with E-state index in [1.165, 1.54) is 385 Å². The lowest BCUT2D eigenvalue weighted by molar-refractivity contribution is -0.143. The molecule has 0 saturated carbocycles. The monoisotopic (exact) mass is 1280 g/mol. The minimum atomic E-state index is -0.666. The number of esters is 1. The van der Waals surface area contributed by atoms with Crippen LogP contribution in [-0.2, 0) is 14.3 Å². The zero-order valence-corrected chi connectivity index (χ0v) is 61.9. The third-order valence-electron chi connectivity index (χ3n) is 19.7. The fourth-order valence-corrected chi connectivity index (χ4v) is 13.3. The van der Waals surface area contributed by atoms with Gasteiger partial charge in [0.1, 0.15) is 0 Å². The van der Waals surface area contributed by atoms with E-state index in [-0.39, 0.29) is 18.5 Å². The topological polar surface area (TPSA) is 95.9 Å². The highest BCUT2D eigenvalue weighted by Crippen LogP contribution is 2.20. The molecule has 538 valence electrons. The van der Waals surface area contributed by atoms with Gasteiger partial charge in [0.2, 0.25) is 5.91 Å². The smallest absolute Gasteiger partial charge is 0.305 e. The van der Waals surface area contributed by atoms with Crippen molar-refractivity contribution in [3.8, 4) is 0 Å². The summed E-state index contributed by atoms with van der Waals surface area (Å²) < 4.78 is 5.51. The van der Waals surface area contributed by atoms with Gasteiger partial charge in [0.05, 0.1) is 25.4 Å². The molecule has 2 unspecified atom stereocenters. The van der Waals surface area contributed by atoms with Crippen molar-refractivity contribution >= 4 is 11.9 Å². The second kappa shape index (κ2) is 80.5. The van der Waals surface area contributed by atoms with Crippen LogP contribution in [0.15, 0.2) is 36.5 Å². The summed E-state index contributed by atoms with van der Waals surface area (Å²) in [6.45, 7) is 5.00. The van der Waals surface area contributed by atoms with Gasteiger partial charge in [-0.3, -0.25) is 9.59 Å². The van der Waals surface area contributed by atoms with Gasteiger partial charge in [0, 0.05) is 12.8 Å². The summed E-state index contributed by atoms with van der Waals surface area (Å²) in [6, 6.07) is -0.543. The number of aliphatic hydroxyl groups is 2. The average molecular weight is 1280 g/mol. The third kappa shape index (κ3) is 77.0. The van der Waals surface area contributed by atoms with Crippen molar-refractivity contribution in [1.29, 1.82) is 0 Å². The van der Waals surface area contributed by atoms with E-state index in [9.17, 15) is 19.8 Å². The molecule has 0 aliphatic rings. The number of rotatable bonds is 79. The number of carbonyl (C=O) groups is 2. The van der Waals surface area contributed by atoms with Gasteiger partial charge < -0.3 is 20.3 Å². The molecule has 0 aromatic rings. The minimum absolute atomic E-state index is 0.0138. The van der Waals surface area contributed by atoms with Crippen LogP contribution in [0.1, 0.15) is 470 Å². The molecule has 2 atom stereocenters. The number of hydrogen-bond donors (Lipinski definition) is 3. The van der Waals surface area contributed by atoms with Gasteiger partial charge in [-0.1, -0.05) is 410 Å². The largest absolute Gasteiger partial charge is 0.466 e. The number of carbonyl (C=O) groups excluding carboxylic acids is 2. The Kier molecular flexibility index (Phi) is 78.8. The van der Waals surface area contributed by atoms with E-state index in [1.54, 1.807) is 0 Å². The second-order valence-electron chi connectivity index (χ2n) is 28.8. The molecule has 0 aliphatic carbocycles. The van der Waals surface area contributed by atoms with Crippen LogP contribution in [-0.4, -0.2) is 47.4 Å². The van der Waals surface area contributed by atoms with Crippen molar-refractivity contribution < 1.29 is 24.5 Å². The Morgan fingerprint density at radius 1 is 0.308 bits per heavy atom. The van der Waals surface area contributed by atoms with E-state index in [1.807, 2.05) is 0 Å². The van der Waals surface area contributed by atoms with Crippen LogP contribution >= 0.6 is 0 Å². The van der Waals surface area contributed by atoms with E-state index in [2.05, 4.69) is 55.6 Å². The molecule has 6 heteroatoms. The van der Waals surface area contributed by atoms with Crippen LogP contribution in [0.5, 0.6) is 0 Å². The molecule has 91 heavy (non-hydrogen) atoms. The lowest BCUT2D eigenvalue weighted by atomic mass is 10.0. The first-order valence-corrected chi connectivity index (χ1v) is 41.7. The molecule has 0 rings (SSSR count). The number of unbranched alkanes of at least 4 members (excludes halogenated alkanes) is 62. The minimum Gasteiger partial charge on any atom is -0.466 e. The van der Waals surface area contributed by atoms with Crippen molar-refractivity contribution in [3.63, 3.8) is 0 Å². The third-order valence-corrected chi connectivity index (χ3v) is 19.7. The quantitative estimate of drug-likeness (QED) is 0.0320. The molecule has 0 spiro atoms. The van der Waals surface area contributed by atoms with Crippen LogP contribution in [0.3, 0.4) is 0 Å². The first kappa shape index (κ1) is 89.1. The zero-order valence-electron chi connectivity index (χ0n) is 61.9. The highest BCUT2D eigenvalue weighted by molar-refractivity contribution is 5.76. The lowest BCUT2D eigenvalue weighted by Gasteiger charge is -2.22. The van der Waals surface area contributed by atoms with E-state index < -0.39 is 12.1 Å². The van der Waals surface area contributed by atoms with E-state index in [0.29, 0.717) is 25.9 Å². The van der Waals surface area contributed by atoms with Gasteiger partial charge >= 0.3 is 5.97 Å². The average Bonchev–Trinajstić information content (AvgIpc) is 3.65. The Bertz CT molecular complexity index is 1470. The van der Waals surface area contributed by atoms with Gasteiger partial charge in [-0.05, 0) is 83.5 Å². The highest BCUT2D eigenvalue weighted by Gasteiger charge is 2.20. The van der Waals surface area contributed by atoms with Crippen LogP contribution in [0.25, 0.3) is 0 Å². The SMILES string of the molecule is CCCCCCCC/C=C\CCCCCCCCCCCC(=O)OCCCCCCCCCCC/C=C\C/C=C\CCCCCCCCCCCCCCCCCC(=O)NC(CO)C(O)CCCCCCCCCCCCCCCCCCCCCCCCCC. The summed E-state index contributed by atoms with van der Waals surface area (Å²) in [5.74, 6) is -0.0150. The molecule has 3 N–H and O–H groups in total. The fourth-order valence-electron chi connectivity index (χ4n) is 13.3. The molecular weight excluding hydrogens is 1110 g/mol. The van der Waals surface area contributed by atoms with Gasteiger partial charge in [0.15, 0.2) is 0 Å². The molecule has 0 aliphatic heterocycles. The molecule has 0 radical (unpaired) electrons. The molecule has 0 fully saturated rings. The summed E-state index contributed by atoms with van der Waals surface area (Å²) >= 11 is 0. The molecule has 0 aromatic heterocycles. The van der Waals surface area contributed by atoms with Gasteiger partial charge in [-0.2, -0.15) is 0 Å². The van der Waals surface area contributed by atoms with Crippen LogP contribution in [0.2, 0.25) is 0 Å². The number of allylic oxidation sites excluding steroid dienone is 6. The summed E-state index contributed by atoms with van der Waals surface area (Å²) in [4.78, 5) is 24.7. The number of ether oxygens (including phenoxy) is 1. The van der Waals surface area contributed by atoms with Crippen molar-refractivity contribution in [3.05, 3.63) is 36.5 Å². The Labute approximate surface area is 570 Å². The molecule has 0 heterocycles. The van der Waals surface area contributed by atoms with Gasteiger partial charge in [0.25, 0.3) is 0 Å². The number of hydrogen-bond acceptors (Lipinski definition) is 5. The fraction of sp³-hybridized carbons (Fsp3) is 0.906. The Morgan fingerprint density at radius 3 is 0.846 bits per heavy atom. The Balaban J connectivity index is 3.38. The number of nitrogens with one attached hydrogen (secondary N) is 1. The second-order valence-corrected chi connectivity index (χ2v) is 28.8. The molecule has 1 amide bonds. The summed E-state index contributed by atoms with van der Waals surface area (Å²) in [6.07, 6.45) is 105. The number of amides is 1. The Morgan fingerprint density at radius 2 is 0.549 bits per heavy atom. The zero-order chi connectivity index (χ0) is 65.6. The molecule has 0 aromatic carbocycles. The van der Waals surface area contributed by atoms with Crippen LogP contribution < -0.4 is 5.32 Å².